The lowest BCUT2D eigenvalue weighted by molar-refractivity contribution is 0.0994. The van der Waals surface area contributed by atoms with Gasteiger partial charge in [0.1, 0.15) is 5.76 Å². The number of hydrogen-bond acceptors (Lipinski definition) is 5. The topological polar surface area (TPSA) is 60.9 Å². The molecule has 0 aliphatic heterocycles. The summed E-state index contributed by atoms with van der Waals surface area (Å²) in [6.07, 6.45) is 1.63. The lowest BCUT2D eigenvalue weighted by Crippen LogP contribution is -2.14. The van der Waals surface area contributed by atoms with Gasteiger partial charge in [-0.3, -0.25) is 4.79 Å². The van der Waals surface area contributed by atoms with Gasteiger partial charge in [0.2, 0.25) is 0 Å². The van der Waals surface area contributed by atoms with Crippen LogP contribution in [0, 0.1) is 6.92 Å². The van der Waals surface area contributed by atoms with Gasteiger partial charge in [-0.15, -0.1) is 10.2 Å². The second kappa shape index (κ2) is 6.42. The van der Waals surface area contributed by atoms with E-state index < -0.39 is 0 Å². The van der Waals surface area contributed by atoms with Crippen LogP contribution in [0.5, 0.6) is 0 Å². The summed E-state index contributed by atoms with van der Waals surface area (Å²) in [6, 6.07) is 11.2. The lowest BCUT2D eigenvalue weighted by atomic mass is 10.1. The fourth-order valence-corrected chi connectivity index (χ4v) is 3.21. The number of carbonyl (C=O) groups excluding carboxylic acids is 1. The number of aromatic nitrogens is 3. The molecule has 2 aromatic heterocycles. The predicted molar refractivity (Wildman–Crippen MR) is 89.5 cm³/mol. The average Bonchev–Trinajstić information content (AvgIpc) is 3.14. The lowest BCUT2D eigenvalue weighted by Gasteiger charge is -2.10. The molecule has 5 nitrogen and oxygen atoms in total. The first kappa shape index (κ1) is 15.6. The van der Waals surface area contributed by atoms with Crippen molar-refractivity contribution >= 4 is 17.5 Å². The molecule has 0 radical (unpaired) electrons. The summed E-state index contributed by atoms with van der Waals surface area (Å²) in [5.74, 6) is 1.61. The smallest absolute Gasteiger partial charge is 0.191 e. The molecule has 2 heterocycles. The van der Waals surface area contributed by atoms with Crippen LogP contribution in [0.25, 0.3) is 11.4 Å². The van der Waals surface area contributed by atoms with Gasteiger partial charge < -0.3 is 8.98 Å². The Hall–Kier alpha value is -2.34. The highest BCUT2D eigenvalue weighted by Gasteiger charge is 2.21. The molecule has 6 heteroatoms. The Morgan fingerprint density at radius 1 is 1.22 bits per heavy atom. The number of nitrogens with zero attached hydrogens (tertiary/aromatic N) is 3. The maximum Gasteiger partial charge on any atom is 0.191 e. The van der Waals surface area contributed by atoms with Crippen LogP contribution in [0.4, 0.5) is 0 Å². The van der Waals surface area contributed by atoms with E-state index in [4.69, 9.17) is 4.42 Å². The number of ketones is 1. The summed E-state index contributed by atoms with van der Waals surface area (Å²) < 4.78 is 7.20. The first-order valence-corrected chi connectivity index (χ1v) is 8.15. The van der Waals surface area contributed by atoms with Crippen molar-refractivity contribution in [3.63, 3.8) is 0 Å². The second-order valence-corrected chi connectivity index (χ2v) is 6.55. The highest BCUT2D eigenvalue weighted by molar-refractivity contribution is 8.00. The molecule has 0 saturated heterocycles. The molecule has 118 valence electrons. The predicted octanol–water partition coefficient (Wildman–Crippen LogP) is 3.75. The number of aryl methyl sites for hydroxylation is 1. The summed E-state index contributed by atoms with van der Waals surface area (Å²) in [4.78, 5) is 12.5. The van der Waals surface area contributed by atoms with Gasteiger partial charge in [-0.25, -0.2) is 0 Å². The molecule has 0 aliphatic carbocycles. The van der Waals surface area contributed by atoms with Crippen molar-refractivity contribution in [1.82, 2.24) is 14.8 Å². The van der Waals surface area contributed by atoms with Crippen LogP contribution in [0.1, 0.15) is 23.0 Å². The minimum Gasteiger partial charge on any atom is -0.469 e. The van der Waals surface area contributed by atoms with E-state index in [-0.39, 0.29) is 11.0 Å². The Balaban J connectivity index is 1.80. The molecule has 1 atom stereocenters. The highest BCUT2D eigenvalue weighted by atomic mass is 32.2. The van der Waals surface area contributed by atoms with Crippen LogP contribution in [-0.4, -0.2) is 25.8 Å². The summed E-state index contributed by atoms with van der Waals surface area (Å²) in [7, 11) is 1.89. The van der Waals surface area contributed by atoms with E-state index in [1.165, 1.54) is 11.8 Å². The average molecular weight is 327 g/mol. The molecule has 0 amide bonds. The van der Waals surface area contributed by atoms with Crippen LogP contribution < -0.4 is 0 Å². The maximum absolute atomic E-state index is 12.5. The Bertz CT molecular complexity index is 823. The molecule has 3 aromatic rings. The van der Waals surface area contributed by atoms with Gasteiger partial charge in [0.15, 0.2) is 16.8 Å². The fourth-order valence-electron chi connectivity index (χ4n) is 2.32. The molecular formula is C17H17N3O2S. The van der Waals surface area contributed by atoms with Gasteiger partial charge >= 0.3 is 0 Å². The molecule has 0 bridgehead atoms. The molecular weight excluding hydrogens is 310 g/mol. The number of thioether (sulfide) groups is 1. The summed E-state index contributed by atoms with van der Waals surface area (Å²) in [5.41, 5.74) is 1.62. The normalized spacial score (nSPS) is 12.3. The molecule has 0 saturated carbocycles. The van der Waals surface area contributed by atoms with E-state index in [9.17, 15) is 4.79 Å². The number of hydrogen-bond donors (Lipinski definition) is 0. The van der Waals surface area contributed by atoms with Gasteiger partial charge in [-0.2, -0.15) is 0 Å². The van der Waals surface area contributed by atoms with E-state index in [1.807, 2.05) is 61.9 Å². The van der Waals surface area contributed by atoms with Crippen molar-refractivity contribution in [2.75, 3.05) is 0 Å². The van der Waals surface area contributed by atoms with E-state index in [0.717, 1.165) is 17.1 Å². The monoisotopic (exact) mass is 327 g/mol. The highest BCUT2D eigenvalue weighted by Crippen LogP contribution is 2.28. The van der Waals surface area contributed by atoms with Crippen molar-refractivity contribution < 1.29 is 9.21 Å². The Kier molecular flexibility index (Phi) is 4.34. The van der Waals surface area contributed by atoms with Crippen LogP contribution >= 0.6 is 11.8 Å². The third-order valence-corrected chi connectivity index (χ3v) is 4.78. The molecule has 0 spiro atoms. The minimum absolute atomic E-state index is 0.0830. The molecule has 0 aliphatic rings. The molecule has 1 aromatic carbocycles. The third kappa shape index (κ3) is 3.07. The van der Waals surface area contributed by atoms with Crippen molar-refractivity contribution in [2.45, 2.75) is 24.3 Å². The molecule has 0 N–H and O–H groups in total. The van der Waals surface area contributed by atoms with Crippen LogP contribution in [0.3, 0.4) is 0 Å². The quantitative estimate of drug-likeness (QED) is 0.527. The van der Waals surface area contributed by atoms with Crippen LogP contribution in [-0.2, 0) is 7.05 Å². The van der Waals surface area contributed by atoms with Gasteiger partial charge in [-0.05, 0) is 19.9 Å². The standard InChI is InChI=1S/C17H17N3O2S/c1-11-14(9-10-22-11)16-18-19-17(20(16)3)23-12(2)15(21)13-7-5-4-6-8-13/h4-10,12H,1-3H3. The zero-order valence-electron chi connectivity index (χ0n) is 13.2. The zero-order valence-corrected chi connectivity index (χ0v) is 14.0. The van der Waals surface area contributed by atoms with E-state index in [0.29, 0.717) is 10.7 Å². The minimum atomic E-state index is -0.237. The maximum atomic E-state index is 12.5. The van der Waals surface area contributed by atoms with Crippen molar-refractivity contribution in [1.29, 1.82) is 0 Å². The number of carbonyl (C=O) groups is 1. The van der Waals surface area contributed by atoms with E-state index in [1.54, 1.807) is 6.26 Å². The number of rotatable bonds is 5. The Morgan fingerprint density at radius 3 is 2.61 bits per heavy atom. The number of furan rings is 1. The van der Waals surface area contributed by atoms with Gasteiger partial charge in [0, 0.05) is 12.6 Å². The molecule has 0 fully saturated rings. The molecule has 1 unspecified atom stereocenters. The third-order valence-electron chi connectivity index (χ3n) is 3.64. The summed E-state index contributed by atoms with van der Waals surface area (Å²) in [5, 5.41) is 8.90. The van der Waals surface area contributed by atoms with Gasteiger partial charge in [0.25, 0.3) is 0 Å². The number of benzene rings is 1. The van der Waals surface area contributed by atoms with E-state index in [2.05, 4.69) is 10.2 Å². The van der Waals surface area contributed by atoms with Crippen LogP contribution in [0.2, 0.25) is 0 Å². The number of Topliss-reactive ketones (excluding diaryl/α,β-unsaturated/α-hetero) is 1. The first-order chi connectivity index (χ1) is 11.1. The summed E-state index contributed by atoms with van der Waals surface area (Å²) >= 11 is 1.41. The summed E-state index contributed by atoms with van der Waals surface area (Å²) in [6.45, 7) is 3.77. The fraction of sp³-hybridized carbons (Fsp3) is 0.235. The van der Waals surface area contributed by atoms with Crippen LogP contribution in [0.15, 0.2) is 52.2 Å². The Morgan fingerprint density at radius 2 is 1.96 bits per heavy atom. The Labute approximate surface area is 138 Å². The van der Waals surface area contributed by atoms with Gasteiger partial charge in [0.05, 0.1) is 17.1 Å². The molecule has 23 heavy (non-hydrogen) atoms. The van der Waals surface area contributed by atoms with Crippen molar-refractivity contribution in [3.05, 3.63) is 54.0 Å². The second-order valence-electron chi connectivity index (χ2n) is 5.25. The first-order valence-electron chi connectivity index (χ1n) is 7.27. The van der Waals surface area contributed by atoms with E-state index >= 15 is 0 Å². The molecule has 3 rings (SSSR count). The zero-order chi connectivity index (χ0) is 16.4. The SMILES string of the molecule is Cc1occc1-c1nnc(SC(C)C(=O)c2ccccc2)n1C. The van der Waals surface area contributed by atoms with Crippen molar-refractivity contribution in [3.8, 4) is 11.4 Å². The van der Waals surface area contributed by atoms with Gasteiger partial charge in [-0.1, -0.05) is 42.1 Å². The largest absolute Gasteiger partial charge is 0.469 e. The van der Waals surface area contributed by atoms with Crippen molar-refractivity contribution in [2.24, 2.45) is 7.05 Å².